The first kappa shape index (κ1) is 10.5. The molecule has 0 unspecified atom stereocenters. The van der Waals surface area contributed by atoms with Crippen molar-refractivity contribution in [2.24, 2.45) is 0 Å². The van der Waals surface area contributed by atoms with Crippen LogP contribution in [-0.4, -0.2) is 15.1 Å². The lowest BCUT2D eigenvalue weighted by atomic mass is 10.1. The summed E-state index contributed by atoms with van der Waals surface area (Å²) in [7, 11) is 0. The smallest absolute Gasteiger partial charge is 0.290 e. The average Bonchev–Trinajstić information content (AvgIpc) is 2.40. The largest absolute Gasteiger partial charge is 0.503 e. The van der Waals surface area contributed by atoms with E-state index in [0.717, 1.165) is 11.1 Å². The van der Waals surface area contributed by atoms with E-state index in [0.29, 0.717) is 11.0 Å². The molecule has 1 aromatic carbocycles. The van der Waals surface area contributed by atoms with E-state index < -0.39 is 5.56 Å². The number of hydrogen-bond acceptors (Lipinski definition) is 3. The van der Waals surface area contributed by atoms with Crippen molar-refractivity contribution in [1.29, 1.82) is 0 Å². The van der Waals surface area contributed by atoms with Crippen molar-refractivity contribution in [3.8, 4) is 16.9 Å². The Morgan fingerprint density at radius 1 is 1.11 bits per heavy atom. The average molecular weight is 238 g/mol. The van der Waals surface area contributed by atoms with E-state index in [1.165, 1.54) is 6.07 Å². The molecule has 2 N–H and O–H groups in total. The molecule has 0 fully saturated rings. The van der Waals surface area contributed by atoms with Crippen molar-refractivity contribution >= 4 is 11.0 Å². The number of fused-ring (bicyclic) bond motifs is 1. The SMILES string of the molecule is O=c1[nH]c2c(-c3ccccc3)ccnc2cc1O. The second-order valence-electron chi connectivity index (χ2n) is 3.97. The standard InChI is InChI=1S/C14H10N2O2/c17-12-8-11-13(16-14(12)18)10(6-7-15-11)9-4-2-1-3-5-9/h1-8,17H,(H,16,18). The highest BCUT2D eigenvalue weighted by molar-refractivity contribution is 5.91. The zero-order chi connectivity index (χ0) is 12.5. The van der Waals surface area contributed by atoms with Crippen molar-refractivity contribution in [2.45, 2.75) is 0 Å². The first-order chi connectivity index (χ1) is 8.75. The Kier molecular flexibility index (Phi) is 2.34. The summed E-state index contributed by atoms with van der Waals surface area (Å²) in [5.41, 5.74) is 2.57. The summed E-state index contributed by atoms with van der Waals surface area (Å²) in [4.78, 5) is 18.3. The predicted octanol–water partition coefficient (Wildman–Crippen LogP) is 2.30. The minimum Gasteiger partial charge on any atom is -0.503 e. The molecule has 0 radical (unpaired) electrons. The molecule has 0 aliphatic rings. The second-order valence-corrected chi connectivity index (χ2v) is 3.97. The third-order valence-corrected chi connectivity index (χ3v) is 2.81. The van der Waals surface area contributed by atoms with Gasteiger partial charge in [0, 0.05) is 17.8 Å². The lowest BCUT2D eigenvalue weighted by Gasteiger charge is -2.05. The van der Waals surface area contributed by atoms with Gasteiger partial charge in [0.1, 0.15) is 0 Å². The maximum atomic E-state index is 11.5. The van der Waals surface area contributed by atoms with Gasteiger partial charge < -0.3 is 10.1 Å². The second kappa shape index (κ2) is 4.00. The van der Waals surface area contributed by atoms with Crippen LogP contribution in [0.5, 0.6) is 5.75 Å². The highest BCUT2D eigenvalue weighted by Crippen LogP contribution is 2.25. The number of aromatic amines is 1. The van der Waals surface area contributed by atoms with Gasteiger partial charge >= 0.3 is 0 Å². The van der Waals surface area contributed by atoms with Gasteiger partial charge in [-0.3, -0.25) is 9.78 Å². The van der Waals surface area contributed by atoms with Crippen LogP contribution < -0.4 is 5.56 Å². The highest BCUT2D eigenvalue weighted by Gasteiger charge is 2.07. The Labute approximate surface area is 103 Å². The quantitative estimate of drug-likeness (QED) is 0.683. The first-order valence-corrected chi connectivity index (χ1v) is 5.52. The van der Waals surface area contributed by atoms with Crippen molar-refractivity contribution < 1.29 is 5.11 Å². The van der Waals surface area contributed by atoms with Gasteiger partial charge in [-0.1, -0.05) is 30.3 Å². The number of nitrogens with one attached hydrogen (secondary N) is 1. The fourth-order valence-corrected chi connectivity index (χ4v) is 1.95. The third-order valence-electron chi connectivity index (χ3n) is 2.81. The van der Waals surface area contributed by atoms with Crippen molar-refractivity contribution in [2.75, 3.05) is 0 Å². The van der Waals surface area contributed by atoms with Gasteiger partial charge in [0.25, 0.3) is 5.56 Å². The maximum Gasteiger partial charge on any atom is 0.290 e. The van der Waals surface area contributed by atoms with E-state index in [1.54, 1.807) is 6.20 Å². The van der Waals surface area contributed by atoms with Crippen LogP contribution in [0.25, 0.3) is 22.2 Å². The summed E-state index contributed by atoms with van der Waals surface area (Å²) in [6, 6.07) is 12.9. The van der Waals surface area contributed by atoms with Crippen molar-refractivity contribution in [3.63, 3.8) is 0 Å². The van der Waals surface area contributed by atoms with E-state index in [2.05, 4.69) is 9.97 Å². The van der Waals surface area contributed by atoms with Gasteiger partial charge in [-0.25, -0.2) is 0 Å². The van der Waals surface area contributed by atoms with Crippen LogP contribution in [0.4, 0.5) is 0 Å². The highest BCUT2D eigenvalue weighted by atomic mass is 16.3. The number of rotatable bonds is 1. The van der Waals surface area contributed by atoms with Crippen LogP contribution in [0.3, 0.4) is 0 Å². The monoisotopic (exact) mass is 238 g/mol. The topological polar surface area (TPSA) is 66.0 Å². The normalized spacial score (nSPS) is 10.7. The zero-order valence-corrected chi connectivity index (χ0v) is 9.42. The van der Waals surface area contributed by atoms with Gasteiger partial charge in [-0.2, -0.15) is 0 Å². The summed E-state index contributed by atoms with van der Waals surface area (Å²) in [6.07, 6.45) is 1.66. The fourth-order valence-electron chi connectivity index (χ4n) is 1.95. The Morgan fingerprint density at radius 2 is 1.89 bits per heavy atom. The summed E-state index contributed by atoms with van der Waals surface area (Å²) in [5.74, 6) is -0.319. The number of H-pyrrole nitrogens is 1. The molecule has 0 saturated carbocycles. The summed E-state index contributed by atoms with van der Waals surface area (Å²) < 4.78 is 0. The van der Waals surface area contributed by atoms with Crippen LogP contribution in [0, 0.1) is 0 Å². The maximum absolute atomic E-state index is 11.5. The minimum absolute atomic E-state index is 0.319. The van der Waals surface area contributed by atoms with Gasteiger partial charge in [0.05, 0.1) is 11.0 Å². The Morgan fingerprint density at radius 3 is 2.67 bits per heavy atom. The van der Waals surface area contributed by atoms with Gasteiger partial charge in [-0.15, -0.1) is 0 Å². The number of benzene rings is 1. The molecule has 2 heterocycles. The van der Waals surface area contributed by atoms with Crippen LogP contribution in [-0.2, 0) is 0 Å². The van der Waals surface area contributed by atoms with Crippen LogP contribution in [0.1, 0.15) is 0 Å². The summed E-state index contributed by atoms with van der Waals surface area (Å²) >= 11 is 0. The molecule has 0 saturated heterocycles. The van der Waals surface area contributed by atoms with E-state index >= 15 is 0 Å². The zero-order valence-electron chi connectivity index (χ0n) is 9.42. The van der Waals surface area contributed by atoms with Gasteiger partial charge in [0.15, 0.2) is 5.75 Å². The molecule has 18 heavy (non-hydrogen) atoms. The lowest BCUT2D eigenvalue weighted by molar-refractivity contribution is 0.468. The summed E-state index contributed by atoms with van der Waals surface area (Å²) in [6.45, 7) is 0. The number of hydrogen-bond donors (Lipinski definition) is 2. The minimum atomic E-state index is -0.507. The number of pyridine rings is 2. The molecule has 3 rings (SSSR count). The molecule has 0 aliphatic heterocycles. The number of aromatic hydroxyl groups is 1. The Balaban J connectivity index is 2.37. The molecule has 4 heteroatoms. The van der Waals surface area contributed by atoms with Crippen LogP contribution in [0.2, 0.25) is 0 Å². The predicted molar refractivity (Wildman–Crippen MR) is 69.5 cm³/mol. The molecule has 0 aliphatic carbocycles. The molecular weight excluding hydrogens is 228 g/mol. The van der Waals surface area contributed by atoms with E-state index in [-0.39, 0.29) is 5.75 Å². The molecule has 0 bridgehead atoms. The van der Waals surface area contributed by atoms with Gasteiger partial charge in [-0.05, 0) is 11.6 Å². The van der Waals surface area contributed by atoms with Crippen LogP contribution >= 0.6 is 0 Å². The fraction of sp³-hybridized carbons (Fsp3) is 0. The molecule has 0 spiro atoms. The molecule has 3 aromatic rings. The molecule has 0 atom stereocenters. The molecule has 88 valence electrons. The Bertz CT molecular complexity index is 764. The van der Waals surface area contributed by atoms with Crippen LogP contribution in [0.15, 0.2) is 53.5 Å². The summed E-state index contributed by atoms with van der Waals surface area (Å²) in [5, 5.41) is 9.39. The molecule has 0 amide bonds. The third kappa shape index (κ3) is 1.64. The van der Waals surface area contributed by atoms with E-state index in [4.69, 9.17) is 0 Å². The number of nitrogens with zero attached hydrogens (tertiary/aromatic N) is 1. The van der Waals surface area contributed by atoms with Crippen molar-refractivity contribution in [3.05, 3.63) is 59.0 Å². The molecule has 4 nitrogen and oxygen atoms in total. The first-order valence-electron chi connectivity index (χ1n) is 5.52. The van der Waals surface area contributed by atoms with E-state index in [9.17, 15) is 9.90 Å². The van der Waals surface area contributed by atoms with E-state index in [1.807, 2.05) is 36.4 Å². The lowest BCUT2D eigenvalue weighted by Crippen LogP contribution is -2.05. The molecular formula is C14H10N2O2. The number of aromatic nitrogens is 2. The Hall–Kier alpha value is -2.62. The van der Waals surface area contributed by atoms with Crippen molar-refractivity contribution in [1.82, 2.24) is 9.97 Å². The molecule has 2 aromatic heterocycles. The van der Waals surface area contributed by atoms with Gasteiger partial charge in [0.2, 0.25) is 0 Å².